The van der Waals surface area contributed by atoms with Crippen LogP contribution in [0.2, 0.25) is 0 Å². The van der Waals surface area contributed by atoms with Crippen molar-refractivity contribution in [3.63, 3.8) is 0 Å². The van der Waals surface area contributed by atoms with Gasteiger partial charge in [0.2, 0.25) is 15.9 Å². The molecule has 1 fully saturated rings. The number of piperidine rings is 1. The first kappa shape index (κ1) is 23.9. The predicted octanol–water partition coefficient (Wildman–Crippen LogP) is 3.08. The van der Waals surface area contributed by atoms with Gasteiger partial charge in [0.25, 0.3) is 0 Å². The molecule has 1 unspecified atom stereocenters. The number of nitrogens with one attached hydrogen (secondary N) is 1. The fraction of sp³-hybridized carbons (Fsp3) is 0.318. The quantitative estimate of drug-likeness (QED) is 0.551. The van der Waals surface area contributed by atoms with Crippen molar-refractivity contribution in [2.24, 2.45) is 0 Å². The van der Waals surface area contributed by atoms with E-state index in [1.165, 1.54) is 35.7 Å². The fourth-order valence-corrected chi connectivity index (χ4v) is 4.62. The second kappa shape index (κ2) is 9.18. The summed E-state index contributed by atoms with van der Waals surface area (Å²) < 4.78 is 66.6. The summed E-state index contributed by atoms with van der Waals surface area (Å²) in [6.45, 7) is 0.823. The number of alkyl halides is 3. The van der Waals surface area contributed by atoms with E-state index in [1.807, 2.05) is 0 Å². The van der Waals surface area contributed by atoms with Crippen LogP contribution < -0.4 is 4.72 Å². The van der Waals surface area contributed by atoms with Crippen LogP contribution in [-0.2, 0) is 21.0 Å². The monoisotopic (exact) mass is 493 g/mol. The van der Waals surface area contributed by atoms with E-state index in [0.29, 0.717) is 43.0 Å². The molecule has 8 nitrogen and oxygen atoms in total. The van der Waals surface area contributed by atoms with Crippen LogP contribution in [0.5, 0.6) is 0 Å². The van der Waals surface area contributed by atoms with Crippen molar-refractivity contribution in [2.75, 3.05) is 20.1 Å². The Morgan fingerprint density at radius 2 is 1.88 bits per heavy atom. The van der Waals surface area contributed by atoms with Gasteiger partial charge in [0.05, 0.1) is 10.5 Å². The van der Waals surface area contributed by atoms with Crippen LogP contribution in [-0.4, -0.2) is 54.0 Å². The number of fused-ring (bicyclic) bond motifs is 1. The van der Waals surface area contributed by atoms with E-state index in [1.54, 1.807) is 23.1 Å². The zero-order valence-corrected chi connectivity index (χ0v) is 19.0. The summed E-state index contributed by atoms with van der Waals surface area (Å²) in [4.78, 5) is 14.5. The lowest BCUT2D eigenvalue weighted by molar-refractivity contribution is -0.137. The predicted molar refractivity (Wildman–Crippen MR) is 118 cm³/mol. The highest BCUT2D eigenvalue weighted by Gasteiger charge is 2.32. The molecule has 3 heterocycles. The molecule has 1 aromatic carbocycles. The Bertz CT molecular complexity index is 1330. The summed E-state index contributed by atoms with van der Waals surface area (Å²) in [5.41, 5.74) is 0.177. The lowest BCUT2D eigenvalue weighted by Crippen LogP contribution is -2.38. The summed E-state index contributed by atoms with van der Waals surface area (Å²) in [7, 11) is -2.22. The van der Waals surface area contributed by atoms with Gasteiger partial charge in [0.1, 0.15) is 5.82 Å². The van der Waals surface area contributed by atoms with Crippen LogP contribution in [0.4, 0.5) is 13.2 Å². The first-order valence-corrected chi connectivity index (χ1v) is 12.0. The molecule has 1 aliphatic heterocycles. The Hall–Kier alpha value is -3.25. The molecule has 34 heavy (non-hydrogen) atoms. The maximum absolute atomic E-state index is 13.1. The van der Waals surface area contributed by atoms with Gasteiger partial charge in [0, 0.05) is 31.3 Å². The second-order valence-corrected chi connectivity index (χ2v) is 9.82. The van der Waals surface area contributed by atoms with Crippen molar-refractivity contribution >= 4 is 27.7 Å². The number of amides is 1. The topological polar surface area (TPSA) is 96.7 Å². The van der Waals surface area contributed by atoms with Gasteiger partial charge >= 0.3 is 6.18 Å². The average Bonchev–Trinajstić information content (AvgIpc) is 3.26. The molecular weight excluding hydrogens is 471 g/mol. The van der Waals surface area contributed by atoms with Crippen molar-refractivity contribution in [3.8, 4) is 0 Å². The van der Waals surface area contributed by atoms with Crippen LogP contribution in [0.15, 0.2) is 53.6 Å². The normalized spacial score (nSPS) is 17.5. The van der Waals surface area contributed by atoms with Crippen LogP contribution >= 0.6 is 0 Å². The molecule has 1 amide bonds. The number of aromatic nitrogens is 3. The Labute approximate surface area is 194 Å². The summed E-state index contributed by atoms with van der Waals surface area (Å²) in [5, 5.41) is 8.07. The molecule has 2 aromatic heterocycles. The van der Waals surface area contributed by atoms with E-state index in [0.717, 1.165) is 12.3 Å². The highest BCUT2D eigenvalue weighted by molar-refractivity contribution is 7.89. The Balaban J connectivity index is 1.48. The van der Waals surface area contributed by atoms with Gasteiger partial charge in [-0.05, 0) is 55.8 Å². The van der Waals surface area contributed by atoms with Gasteiger partial charge < -0.3 is 4.90 Å². The molecule has 12 heteroatoms. The van der Waals surface area contributed by atoms with Crippen molar-refractivity contribution in [2.45, 2.75) is 29.8 Å². The zero-order chi connectivity index (χ0) is 24.5. The number of benzene rings is 1. The van der Waals surface area contributed by atoms with E-state index in [2.05, 4.69) is 14.9 Å². The number of rotatable bonds is 5. The van der Waals surface area contributed by atoms with Gasteiger partial charge in [-0.3, -0.25) is 9.20 Å². The molecular formula is C22H22F3N5O3S. The van der Waals surface area contributed by atoms with Crippen molar-refractivity contribution in [3.05, 3.63) is 65.6 Å². The lowest BCUT2D eigenvalue weighted by atomic mass is 9.97. The first-order chi connectivity index (χ1) is 16.1. The third kappa shape index (κ3) is 4.97. The van der Waals surface area contributed by atoms with Crippen LogP contribution in [0.1, 0.15) is 35.7 Å². The standard InChI is InChI=1S/C22H22F3N5O3S/c1-26-34(32,33)18-8-4-15(5-9-18)6-11-20(31)29-12-2-3-16(13-29)21-28-27-19-10-7-17(14-30(19)21)22(23,24)25/h4-11,14,16,26H,2-3,12-13H2,1H3/b11-6+. The van der Waals surface area contributed by atoms with Crippen molar-refractivity contribution in [1.82, 2.24) is 24.2 Å². The lowest BCUT2D eigenvalue weighted by Gasteiger charge is -2.31. The molecule has 1 atom stereocenters. The Morgan fingerprint density at radius 1 is 1.15 bits per heavy atom. The minimum atomic E-state index is -4.48. The minimum absolute atomic E-state index is 0.117. The van der Waals surface area contributed by atoms with Crippen molar-refractivity contribution in [1.29, 1.82) is 0 Å². The second-order valence-electron chi connectivity index (χ2n) is 7.94. The van der Waals surface area contributed by atoms with Gasteiger partial charge in [-0.25, -0.2) is 13.1 Å². The number of sulfonamides is 1. The van der Waals surface area contributed by atoms with Gasteiger partial charge in [-0.2, -0.15) is 13.2 Å². The molecule has 0 spiro atoms. The van der Waals surface area contributed by atoms with Gasteiger partial charge in [0.15, 0.2) is 5.65 Å². The molecule has 3 aromatic rings. The summed E-state index contributed by atoms with van der Waals surface area (Å²) in [6.07, 6.45) is 0.839. The van der Waals surface area contributed by atoms with Crippen LogP contribution in [0.25, 0.3) is 11.7 Å². The molecule has 0 radical (unpaired) electrons. The summed E-state index contributed by atoms with van der Waals surface area (Å²) in [6, 6.07) is 8.31. The Kier molecular flexibility index (Phi) is 6.45. The fourth-order valence-electron chi connectivity index (χ4n) is 3.89. The first-order valence-electron chi connectivity index (χ1n) is 10.5. The number of carbonyl (C=O) groups excluding carboxylic acids is 1. The molecule has 0 bridgehead atoms. The molecule has 1 saturated heterocycles. The summed E-state index contributed by atoms with van der Waals surface area (Å²) >= 11 is 0. The maximum atomic E-state index is 13.1. The van der Waals surface area contributed by atoms with E-state index >= 15 is 0 Å². The maximum Gasteiger partial charge on any atom is 0.417 e. The van der Waals surface area contributed by atoms with Crippen molar-refractivity contribution < 1.29 is 26.4 Å². The van der Waals surface area contributed by atoms with E-state index in [-0.39, 0.29) is 16.7 Å². The average molecular weight is 494 g/mol. The molecule has 1 aliphatic rings. The van der Waals surface area contributed by atoms with Crippen LogP contribution in [0.3, 0.4) is 0 Å². The SMILES string of the molecule is CNS(=O)(=O)c1ccc(/C=C/C(=O)N2CCCC(c3nnc4ccc(C(F)(F)F)cn34)C2)cc1. The van der Waals surface area contributed by atoms with Crippen LogP contribution in [0, 0.1) is 0 Å². The highest BCUT2D eigenvalue weighted by Crippen LogP contribution is 2.31. The van der Waals surface area contributed by atoms with Gasteiger partial charge in [-0.15, -0.1) is 10.2 Å². The van der Waals surface area contributed by atoms with E-state index in [4.69, 9.17) is 0 Å². The molecule has 1 N–H and O–H groups in total. The number of halogens is 3. The van der Waals surface area contributed by atoms with E-state index < -0.39 is 21.8 Å². The molecule has 180 valence electrons. The molecule has 0 saturated carbocycles. The number of likely N-dealkylation sites (tertiary alicyclic amines) is 1. The minimum Gasteiger partial charge on any atom is -0.338 e. The largest absolute Gasteiger partial charge is 0.417 e. The molecule has 4 rings (SSSR count). The third-order valence-corrected chi connectivity index (χ3v) is 7.16. The summed E-state index contributed by atoms with van der Waals surface area (Å²) in [5.74, 6) is -0.110. The number of carbonyl (C=O) groups is 1. The molecule has 0 aliphatic carbocycles. The smallest absolute Gasteiger partial charge is 0.338 e. The number of hydrogen-bond acceptors (Lipinski definition) is 5. The highest BCUT2D eigenvalue weighted by atomic mass is 32.2. The zero-order valence-electron chi connectivity index (χ0n) is 18.2. The Morgan fingerprint density at radius 3 is 2.56 bits per heavy atom. The van der Waals surface area contributed by atoms with E-state index in [9.17, 15) is 26.4 Å². The number of hydrogen-bond donors (Lipinski definition) is 1. The number of nitrogens with zero attached hydrogens (tertiary/aromatic N) is 4. The third-order valence-electron chi connectivity index (χ3n) is 5.73. The number of pyridine rings is 1. The van der Waals surface area contributed by atoms with Gasteiger partial charge in [-0.1, -0.05) is 12.1 Å².